The van der Waals surface area contributed by atoms with Gasteiger partial charge >= 0.3 is 0 Å². The molecule has 0 saturated carbocycles. The lowest BCUT2D eigenvalue weighted by atomic mass is 10.3. The average Bonchev–Trinajstić information content (AvgIpc) is 2.62. The Morgan fingerprint density at radius 3 is 2.52 bits per heavy atom. The van der Waals surface area contributed by atoms with Crippen LogP contribution in [-0.2, 0) is 9.59 Å². The summed E-state index contributed by atoms with van der Waals surface area (Å²) in [6, 6.07) is 7.77. The molecule has 7 heteroatoms. The highest BCUT2D eigenvalue weighted by Crippen LogP contribution is 2.13. The van der Waals surface area contributed by atoms with Crippen molar-refractivity contribution in [1.82, 2.24) is 10.2 Å². The minimum absolute atomic E-state index is 0.106. The number of nitrogens with zero attached hydrogens (tertiary/aromatic N) is 1. The van der Waals surface area contributed by atoms with Crippen molar-refractivity contribution in [3.63, 3.8) is 0 Å². The molecule has 0 atom stereocenters. The summed E-state index contributed by atoms with van der Waals surface area (Å²) in [5.41, 5.74) is 0.935. The van der Waals surface area contributed by atoms with E-state index in [-0.39, 0.29) is 11.8 Å². The maximum atomic E-state index is 12.3. The third-order valence-electron chi connectivity index (χ3n) is 4.37. The second kappa shape index (κ2) is 10.4. The molecule has 0 aromatic heterocycles. The van der Waals surface area contributed by atoms with Gasteiger partial charge in [0.05, 0.1) is 32.7 Å². The molecule has 3 N–H and O–H groups in total. The molecule has 1 aromatic carbocycles. The zero-order valence-corrected chi connectivity index (χ0v) is 16.4. The van der Waals surface area contributed by atoms with E-state index in [2.05, 4.69) is 33.5 Å². The van der Waals surface area contributed by atoms with Gasteiger partial charge in [-0.1, -0.05) is 29.3 Å². The van der Waals surface area contributed by atoms with Crippen LogP contribution in [0.25, 0.3) is 0 Å². The third kappa shape index (κ3) is 7.04. The summed E-state index contributed by atoms with van der Waals surface area (Å²) >= 11 is 3.39. The molecule has 0 aliphatic carbocycles. The number of benzene rings is 1. The first-order valence-corrected chi connectivity index (χ1v) is 9.75. The SMILES string of the molecule is CCCCNC(=O)C[NH+]1CCN(C(=O)CNc2ccc(Br)cc2)CC1. The van der Waals surface area contributed by atoms with E-state index in [1.165, 1.54) is 4.90 Å². The van der Waals surface area contributed by atoms with Gasteiger partial charge in [0.2, 0.25) is 5.91 Å². The maximum Gasteiger partial charge on any atom is 0.275 e. The lowest BCUT2D eigenvalue weighted by molar-refractivity contribution is -0.896. The Bertz CT molecular complexity index is 557. The third-order valence-corrected chi connectivity index (χ3v) is 4.90. The Morgan fingerprint density at radius 2 is 1.88 bits per heavy atom. The molecular weight excluding hydrogens is 384 g/mol. The maximum absolute atomic E-state index is 12.3. The molecule has 1 aliphatic rings. The monoisotopic (exact) mass is 411 g/mol. The van der Waals surface area contributed by atoms with Crippen molar-refractivity contribution in [3.8, 4) is 0 Å². The molecular formula is C18H28BrN4O2+. The number of hydrogen-bond donors (Lipinski definition) is 3. The number of halogens is 1. The van der Waals surface area contributed by atoms with E-state index in [9.17, 15) is 9.59 Å². The molecule has 1 fully saturated rings. The van der Waals surface area contributed by atoms with Crippen molar-refractivity contribution in [2.24, 2.45) is 0 Å². The molecule has 6 nitrogen and oxygen atoms in total. The zero-order chi connectivity index (χ0) is 18.1. The van der Waals surface area contributed by atoms with Gasteiger partial charge in [0.1, 0.15) is 0 Å². The van der Waals surface area contributed by atoms with Crippen molar-refractivity contribution < 1.29 is 14.5 Å². The number of amides is 2. The summed E-state index contributed by atoms with van der Waals surface area (Å²) in [5.74, 6) is 0.217. The fraction of sp³-hybridized carbons (Fsp3) is 0.556. The van der Waals surface area contributed by atoms with E-state index in [1.807, 2.05) is 29.2 Å². The molecule has 2 rings (SSSR count). The van der Waals surface area contributed by atoms with E-state index in [0.717, 1.165) is 42.6 Å². The lowest BCUT2D eigenvalue weighted by Crippen LogP contribution is -3.15. The Balaban J connectivity index is 1.66. The van der Waals surface area contributed by atoms with Crippen LogP contribution in [0.2, 0.25) is 0 Å². The van der Waals surface area contributed by atoms with Crippen molar-refractivity contribution >= 4 is 33.4 Å². The van der Waals surface area contributed by atoms with Gasteiger partial charge in [0, 0.05) is 16.7 Å². The largest absolute Gasteiger partial charge is 0.376 e. The molecule has 1 aliphatic heterocycles. The number of carbonyl (C=O) groups is 2. The van der Waals surface area contributed by atoms with Gasteiger partial charge in [0.15, 0.2) is 6.54 Å². The zero-order valence-electron chi connectivity index (χ0n) is 14.8. The molecule has 0 spiro atoms. The fourth-order valence-corrected chi connectivity index (χ4v) is 3.06. The number of unbranched alkanes of at least 4 members (excludes halogenated alkanes) is 1. The van der Waals surface area contributed by atoms with Crippen molar-refractivity contribution in [2.45, 2.75) is 19.8 Å². The van der Waals surface area contributed by atoms with E-state index in [1.54, 1.807) is 0 Å². The number of quaternary nitrogens is 1. The van der Waals surface area contributed by atoms with E-state index in [0.29, 0.717) is 26.2 Å². The summed E-state index contributed by atoms with van der Waals surface area (Å²) in [6.07, 6.45) is 2.11. The molecule has 0 unspecified atom stereocenters. The highest BCUT2D eigenvalue weighted by Gasteiger charge is 2.24. The molecule has 0 bridgehead atoms. The second-order valence-corrected chi connectivity index (χ2v) is 7.29. The Morgan fingerprint density at radius 1 is 1.20 bits per heavy atom. The van der Waals surface area contributed by atoms with Crippen LogP contribution in [0.1, 0.15) is 19.8 Å². The van der Waals surface area contributed by atoms with Crippen LogP contribution in [0.4, 0.5) is 5.69 Å². The van der Waals surface area contributed by atoms with E-state index < -0.39 is 0 Å². The molecule has 1 aromatic rings. The predicted molar refractivity (Wildman–Crippen MR) is 103 cm³/mol. The quantitative estimate of drug-likeness (QED) is 0.545. The van der Waals surface area contributed by atoms with Gasteiger partial charge in [-0.25, -0.2) is 0 Å². The number of hydrogen-bond acceptors (Lipinski definition) is 3. The smallest absolute Gasteiger partial charge is 0.275 e. The molecule has 138 valence electrons. The standard InChI is InChI=1S/C18H27BrN4O2/c1-2-3-8-20-17(24)14-22-9-11-23(12-10-22)18(25)13-21-16-6-4-15(19)5-7-16/h4-7,21H,2-3,8-14H2,1H3,(H,20,24)/p+1. The van der Waals surface area contributed by atoms with Crippen LogP contribution in [0.15, 0.2) is 28.7 Å². The molecule has 2 amide bonds. The van der Waals surface area contributed by atoms with Crippen LogP contribution < -0.4 is 15.5 Å². The second-order valence-electron chi connectivity index (χ2n) is 6.37. The Labute approximate surface area is 158 Å². The number of nitrogens with one attached hydrogen (secondary N) is 3. The van der Waals surface area contributed by atoms with Gasteiger partial charge < -0.3 is 20.4 Å². The first-order chi connectivity index (χ1) is 12.1. The highest BCUT2D eigenvalue weighted by molar-refractivity contribution is 9.10. The van der Waals surface area contributed by atoms with Gasteiger partial charge in [-0.05, 0) is 30.7 Å². The molecule has 0 radical (unpaired) electrons. The Kier molecular flexibility index (Phi) is 8.21. The highest BCUT2D eigenvalue weighted by atomic mass is 79.9. The van der Waals surface area contributed by atoms with Crippen molar-refractivity contribution in [1.29, 1.82) is 0 Å². The van der Waals surface area contributed by atoms with Gasteiger partial charge in [0.25, 0.3) is 5.91 Å². The van der Waals surface area contributed by atoms with Crippen molar-refractivity contribution in [2.75, 3.05) is 51.1 Å². The minimum atomic E-state index is 0.106. The molecule has 25 heavy (non-hydrogen) atoms. The summed E-state index contributed by atoms with van der Waals surface area (Å²) < 4.78 is 1.02. The number of anilines is 1. The fourth-order valence-electron chi connectivity index (χ4n) is 2.80. The number of piperazine rings is 1. The first-order valence-electron chi connectivity index (χ1n) is 8.96. The van der Waals surface area contributed by atoms with Crippen LogP contribution in [0.5, 0.6) is 0 Å². The summed E-state index contributed by atoms with van der Waals surface area (Å²) in [7, 11) is 0. The van der Waals surface area contributed by atoms with Crippen molar-refractivity contribution in [3.05, 3.63) is 28.7 Å². The van der Waals surface area contributed by atoms with E-state index >= 15 is 0 Å². The van der Waals surface area contributed by atoms with Gasteiger partial charge in [-0.2, -0.15) is 0 Å². The average molecular weight is 412 g/mol. The Hall–Kier alpha value is -1.60. The van der Waals surface area contributed by atoms with Crippen LogP contribution in [-0.4, -0.2) is 62.5 Å². The minimum Gasteiger partial charge on any atom is -0.376 e. The number of rotatable bonds is 8. The summed E-state index contributed by atoms with van der Waals surface area (Å²) in [4.78, 5) is 27.3. The topological polar surface area (TPSA) is 65.9 Å². The van der Waals surface area contributed by atoms with Gasteiger partial charge in [-0.15, -0.1) is 0 Å². The predicted octanol–water partition coefficient (Wildman–Crippen LogP) is 0.504. The normalized spacial score (nSPS) is 15.0. The van der Waals surface area contributed by atoms with Crippen LogP contribution in [0.3, 0.4) is 0 Å². The van der Waals surface area contributed by atoms with Gasteiger partial charge in [-0.3, -0.25) is 9.59 Å². The van der Waals surface area contributed by atoms with E-state index in [4.69, 9.17) is 0 Å². The van der Waals surface area contributed by atoms with Crippen LogP contribution >= 0.6 is 15.9 Å². The molecule has 1 saturated heterocycles. The first kappa shape index (κ1) is 19.7. The lowest BCUT2D eigenvalue weighted by Gasteiger charge is -2.32. The van der Waals surface area contributed by atoms with Crippen LogP contribution in [0, 0.1) is 0 Å². The number of carbonyl (C=O) groups excluding carboxylic acids is 2. The summed E-state index contributed by atoms with van der Waals surface area (Å²) in [5, 5.41) is 6.11. The molecule has 1 heterocycles. The summed E-state index contributed by atoms with van der Waals surface area (Å²) in [6.45, 7) is 6.73.